The molecule has 2 aromatic heterocycles. The van der Waals surface area contributed by atoms with Crippen LogP contribution in [0.25, 0.3) is 5.95 Å². The zero-order chi connectivity index (χ0) is 14.5. The Bertz CT molecular complexity index is 695. The highest BCUT2D eigenvalue weighted by molar-refractivity contribution is 5.54. The van der Waals surface area contributed by atoms with E-state index in [1.54, 1.807) is 0 Å². The Labute approximate surface area is 121 Å². The van der Waals surface area contributed by atoms with Gasteiger partial charge in [0.1, 0.15) is 12.7 Å². The molecule has 0 bridgehead atoms. The largest absolute Gasteiger partial charge is 0.354 e. The first-order valence-electron chi connectivity index (χ1n) is 6.52. The number of nitrogens with zero attached hydrogens (tertiary/aromatic N) is 6. The Balaban J connectivity index is 1.95. The van der Waals surface area contributed by atoms with Crippen LogP contribution in [-0.2, 0) is 0 Å². The van der Waals surface area contributed by atoms with Crippen molar-refractivity contribution >= 4 is 17.6 Å². The first kappa shape index (κ1) is 13.0. The maximum atomic E-state index is 4.34. The summed E-state index contributed by atoms with van der Waals surface area (Å²) in [6.45, 7) is 2.69. The van der Waals surface area contributed by atoms with Gasteiger partial charge in [0.2, 0.25) is 11.9 Å². The van der Waals surface area contributed by atoms with Crippen molar-refractivity contribution in [2.75, 3.05) is 17.2 Å². The average molecular weight is 282 g/mol. The summed E-state index contributed by atoms with van der Waals surface area (Å²) in [6, 6.07) is 9.70. The van der Waals surface area contributed by atoms with E-state index in [0.29, 0.717) is 24.4 Å². The Morgan fingerprint density at radius 1 is 1.05 bits per heavy atom. The fourth-order valence-corrected chi connectivity index (χ4v) is 1.72. The van der Waals surface area contributed by atoms with Gasteiger partial charge in [-0.25, -0.2) is 4.98 Å². The van der Waals surface area contributed by atoms with E-state index in [1.165, 1.54) is 17.3 Å². The zero-order valence-corrected chi connectivity index (χ0v) is 11.4. The average Bonchev–Trinajstić information content (AvgIpc) is 3.03. The second kappa shape index (κ2) is 5.95. The molecule has 2 N–H and O–H groups in total. The number of aromatic nitrogens is 6. The summed E-state index contributed by atoms with van der Waals surface area (Å²) in [5.41, 5.74) is 0.899. The number of anilines is 3. The minimum atomic E-state index is 0.400. The molecule has 0 atom stereocenters. The van der Waals surface area contributed by atoms with Crippen LogP contribution in [-0.4, -0.2) is 36.3 Å². The van der Waals surface area contributed by atoms with Crippen molar-refractivity contribution in [3.8, 4) is 5.95 Å². The smallest absolute Gasteiger partial charge is 0.258 e. The molecule has 3 aromatic rings. The van der Waals surface area contributed by atoms with Crippen LogP contribution in [0.3, 0.4) is 0 Å². The minimum Gasteiger partial charge on any atom is -0.354 e. The van der Waals surface area contributed by atoms with E-state index in [2.05, 4.69) is 35.7 Å². The number of benzene rings is 1. The molecule has 0 spiro atoms. The van der Waals surface area contributed by atoms with Crippen LogP contribution in [0.15, 0.2) is 43.0 Å². The van der Waals surface area contributed by atoms with Crippen LogP contribution >= 0.6 is 0 Å². The molecule has 0 aliphatic rings. The van der Waals surface area contributed by atoms with Gasteiger partial charge in [-0.3, -0.25) is 0 Å². The van der Waals surface area contributed by atoms with Gasteiger partial charge in [-0.1, -0.05) is 18.2 Å². The summed E-state index contributed by atoms with van der Waals surface area (Å²) in [6.07, 6.45) is 2.97. The summed E-state index contributed by atoms with van der Waals surface area (Å²) < 4.78 is 1.48. The topological polar surface area (TPSA) is 93.4 Å². The van der Waals surface area contributed by atoms with E-state index in [4.69, 9.17) is 0 Å². The van der Waals surface area contributed by atoms with E-state index < -0.39 is 0 Å². The predicted octanol–water partition coefficient (Wildman–Crippen LogP) is 1.63. The maximum absolute atomic E-state index is 4.34. The highest BCUT2D eigenvalue weighted by Crippen LogP contribution is 2.14. The highest BCUT2D eigenvalue weighted by Gasteiger charge is 2.08. The molecule has 0 aliphatic heterocycles. The Morgan fingerprint density at radius 3 is 2.57 bits per heavy atom. The highest BCUT2D eigenvalue weighted by atomic mass is 15.4. The van der Waals surface area contributed by atoms with Crippen molar-refractivity contribution in [2.24, 2.45) is 0 Å². The molecule has 8 heteroatoms. The SMILES string of the molecule is CCNc1nc(Nc2ccccc2)nc(-n2cncn2)n1. The summed E-state index contributed by atoms with van der Waals surface area (Å²) >= 11 is 0. The second-order valence-electron chi connectivity index (χ2n) is 4.14. The number of hydrogen-bond acceptors (Lipinski definition) is 7. The van der Waals surface area contributed by atoms with Gasteiger partial charge in [-0.05, 0) is 19.1 Å². The van der Waals surface area contributed by atoms with Gasteiger partial charge < -0.3 is 10.6 Å². The van der Waals surface area contributed by atoms with Crippen LogP contribution in [0.2, 0.25) is 0 Å². The van der Waals surface area contributed by atoms with Gasteiger partial charge in [0, 0.05) is 12.2 Å². The molecule has 0 unspecified atom stereocenters. The molecule has 3 rings (SSSR count). The van der Waals surface area contributed by atoms with Crippen LogP contribution < -0.4 is 10.6 Å². The molecule has 1 aromatic carbocycles. The van der Waals surface area contributed by atoms with Crippen LogP contribution in [0.4, 0.5) is 17.6 Å². The maximum Gasteiger partial charge on any atom is 0.258 e. The van der Waals surface area contributed by atoms with E-state index in [-0.39, 0.29) is 0 Å². The van der Waals surface area contributed by atoms with Gasteiger partial charge in [-0.15, -0.1) is 0 Å². The molecule has 0 aliphatic carbocycles. The molecule has 8 nitrogen and oxygen atoms in total. The third kappa shape index (κ3) is 3.11. The van der Waals surface area contributed by atoms with Crippen LogP contribution in [0.5, 0.6) is 0 Å². The van der Waals surface area contributed by atoms with Crippen molar-refractivity contribution in [1.29, 1.82) is 0 Å². The van der Waals surface area contributed by atoms with Gasteiger partial charge in [-0.2, -0.15) is 24.7 Å². The lowest BCUT2D eigenvalue weighted by Crippen LogP contribution is -2.11. The lowest BCUT2D eigenvalue weighted by atomic mass is 10.3. The molecule has 106 valence electrons. The normalized spacial score (nSPS) is 10.3. The molecule has 0 amide bonds. The zero-order valence-electron chi connectivity index (χ0n) is 11.4. The summed E-state index contributed by atoms with van der Waals surface area (Å²) in [5.74, 6) is 1.32. The van der Waals surface area contributed by atoms with E-state index >= 15 is 0 Å². The summed E-state index contributed by atoms with van der Waals surface area (Å²) in [4.78, 5) is 16.9. The number of nitrogens with one attached hydrogen (secondary N) is 2. The van der Waals surface area contributed by atoms with Crippen molar-refractivity contribution in [2.45, 2.75) is 6.92 Å². The molecule has 21 heavy (non-hydrogen) atoms. The molecule has 0 saturated heterocycles. The lowest BCUT2D eigenvalue weighted by molar-refractivity contribution is 0.797. The van der Waals surface area contributed by atoms with Gasteiger partial charge in [0.15, 0.2) is 0 Å². The minimum absolute atomic E-state index is 0.400. The molecule has 0 saturated carbocycles. The molecular weight excluding hydrogens is 268 g/mol. The van der Waals surface area contributed by atoms with Crippen molar-refractivity contribution in [3.05, 3.63) is 43.0 Å². The van der Waals surface area contributed by atoms with Gasteiger partial charge in [0.05, 0.1) is 0 Å². The van der Waals surface area contributed by atoms with E-state index in [0.717, 1.165) is 5.69 Å². The third-order valence-electron chi connectivity index (χ3n) is 2.61. The first-order valence-corrected chi connectivity index (χ1v) is 6.52. The first-order chi connectivity index (χ1) is 10.3. The predicted molar refractivity (Wildman–Crippen MR) is 78.6 cm³/mol. The Morgan fingerprint density at radius 2 is 1.86 bits per heavy atom. The quantitative estimate of drug-likeness (QED) is 0.734. The van der Waals surface area contributed by atoms with Crippen molar-refractivity contribution in [1.82, 2.24) is 29.7 Å². The standard InChI is InChI=1S/C13H14N8/c1-2-15-11-18-12(17-10-6-4-3-5-7-10)20-13(19-11)21-9-14-8-16-21/h3-9H,2H2,1H3,(H2,15,17,18,19,20). The molecule has 0 fully saturated rings. The summed E-state index contributed by atoms with van der Waals surface area (Å²) in [5, 5.41) is 10.2. The third-order valence-corrected chi connectivity index (χ3v) is 2.61. The van der Waals surface area contributed by atoms with Gasteiger partial charge in [0.25, 0.3) is 5.95 Å². The second-order valence-corrected chi connectivity index (χ2v) is 4.14. The van der Waals surface area contributed by atoms with Gasteiger partial charge >= 0.3 is 0 Å². The molecule has 2 heterocycles. The van der Waals surface area contributed by atoms with Crippen LogP contribution in [0.1, 0.15) is 6.92 Å². The monoisotopic (exact) mass is 282 g/mol. The Hall–Kier alpha value is -3.03. The fraction of sp³-hybridized carbons (Fsp3) is 0.154. The number of rotatable bonds is 5. The number of para-hydroxylation sites is 1. The van der Waals surface area contributed by atoms with Crippen LogP contribution in [0, 0.1) is 0 Å². The Kier molecular flexibility index (Phi) is 3.68. The fourth-order valence-electron chi connectivity index (χ4n) is 1.72. The van der Waals surface area contributed by atoms with E-state index in [9.17, 15) is 0 Å². The molecule has 0 radical (unpaired) electrons. The van der Waals surface area contributed by atoms with E-state index in [1.807, 2.05) is 37.3 Å². The van der Waals surface area contributed by atoms with Crippen molar-refractivity contribution < 1.29 is 0 Å². The summed E-state index contributed by atoms with van der Waals surface area (Å²) in [7, 11) is 0. The number of hydrogen-bond donors (Lipinski definition) is 2. The van der Waals surface area contributed by atoms with Crippen molar-refractivity contribution in [3.63, 3.8) is 0 Å². The lowest BCUT2D eigenvalue weighted by Gasteiger charge is -2.09. The molecular formula is C13H14N8.